The zero-order chi connectivity index (χ0) is 18.4. The third-order valence-electron chi connectivity index (χ3n) is 4.04. The molecule has 0 aliphatic carbocycles. The maximum absolute atomic E-state index is 12.5. The van der Waals surface area contributed by atoms with Crippen LogP contribution in [0.4, 0.5) is 11.4 Å². The fourth-order valence-corrected chi connectivity index (χ4v) is 2.79. The number of ether oxygens (including phenoxy) is 2. The van der Waals surface area contributed by atoms with Gasteiger partial charge in [0.2, 0.25) is 0 Å². The topological polar surface area (TPSA) is 72.5 Å². The minimum Gasteiger partial charge on any atom is -0.491 e. The number of anilines is 2. The maximum Gasteiger partial charge on any atom is 0.257 e. The molecule has 2 aromatic rings. The molecule has 1 fully saturated rings. The summed E-state index contributed by atoms with van der Waals surface area (Å²) in [6.07, 6.45) is 5.79. The molecular weight excluding hydrogens is 330 g/mol. The lowest BCUT2D eigenvalue weighted by Crippen LogP contribution is -2.19. The number of rotatable bonds is 7. The highest BCUT2D eigenvalue weighted by Crippen LogP contribution is 2.18. The number of nitrogens with one attached hydrogen (secondary N) is 2. The molecule has 1 aliphatic heterocycles. The molecule has 0 saturated carbocycles. The van der Waals surface area contributed by atoms with Crippen molar-refractivity contribution in [3.63, 3.8) is 0 Å². The third kappa shape index (κ3) is 5.20. The average molecular weight is 355 g/mol. The van der Waals surface area contributed by atoms with Crippen molar-refractivity contribution in [2.24, 2.45) is 0 Å². The number of pyridine rings is 1. The van der Waals surface area contributed by atoms with E-state index in [4.69, 9.17) is 9.47 Å². The number of aromatic nitrogens is 1. The smallest absolute Gasteiger partial charge is 0.257 e. The lowest BCUT2D eigenvalue weighted by molar-refractivity contribution is 0.102. The SMILES string of the molecule is CC(C)Oc1ccc(NC(=O)c2cncc(NCC3CCCO3)c2)cc1. The molecule has 1 aliphatic rings. The monoisotopic (exact) mass is 355 g/mol. The van der Waals surface area contributed by atoms with Crippen LogP contribution in [0.2, 0.25) is 0 Å². The van der Waals surface area contributed by atoms with Gasteiger partial charge in [0, 0.05) is 31.2 Å². The molecule has 0 bridgehead atoms. The minimum absolute atomic E-state index is 0.117. The van der Waals surface area contributed by atoms with Crippen LogP contribution in [0.5, 0.6) is 5.75 Å². The van der Waals surface area contributed by atoms with Crippen LogP contribution in [-0.4, -0.2) is 36.3 Å². The van der Waals surface area contributed by atoms with Gasteiger partial charge in [-0.25, -0.2) is 0 Å². The highest BCUT2D eigenvalue weighted by molar-refractivity contribution is 6.04. The van der Waals surface area contributed by atoms with Crippen molar-refractivity contribution in [1.82, 2.24) is 4.98 Å². The highest BCUT2D eigenvalue weighted by Gasteiger charge is 2.15. The second-order valence-electron chi connectivity index (χ2n) is 6.62. The van der Waals surface area contributed by atoms with Gasteiger partial charge in [0.05, 0.1) is 23.5 Å². The van der Waals surface area contributed by atoms with Crippen LogP contribution in [-0.2, 0) is 4.74 Å². The maximum atomic E-state index is 12.5. The summed E-state index contributed by atoms with van der Waals surface area (Å²) in [7, 11) is 0. The van der Waals surface area contributed by atoms with E-state index in [9.17, 15) is 4.79 Å². The Balaban J connectivity index is 1.57. The van der Waals surface area contributed by atoms with E-state index in [0.717, 1.165) is 37.4 Å². The number of amides is 1. The van der Waals surface area contributed by atoms with Gasteiger partial charge in [-0.05, 0) is 57.0 Å². The van der Waals surface area contributed by atoms with Gasteiger partial charge in [-0.1, -0.05) is 0 Å². The standard InChI is InChI=1S/C20H25N3O3/c1-14(2)26-18-7-5-16(6-8-18)23-20(24)15-10-17(12-21-11-15)22-13-19-4-3-9-25-19/h5-8,10-12,14,19,22H,3-4,9,13H2,1-2H3,(H,23,24). The Morgan fingerprint density at radius 1 is 1.27 bits per heavy atom. The van der Waals surface area contributed by atoms with Crippen molar-refractivity contribution in [2.45, 2.75) is 38.9 Å². The third-order valence-corrected chi connectivity index (χ3v) is 4.04. The Morgan fingerprint density at radius 3 is 2.77 bits per heavy atom. The zero-order valence-corrected chi connectivity index (χ0v) is 15.2. The van der Waals surface area contributed by atoms with E-state index in [-0.39, 0.29) is 18.1 Å². The average Bonchev–Trinajstić information content (AvgIpc) is 3.15. The van der Waals surface area contributed by atoms with Crippen molar-refractivity contribution in [3.05, 3.63) is 48.3 Å². The number of hydrogen-bond donors (Lipinski definition) is 2. The van der Waals surface area contributed by atoms with Crippen molar-refractivity contribution in [1.29, 1.82) is 0 Å². The largest absolute Gasteiger partial charge is 0.491 e. The molecule has 2 N–H and O–H groups in total. The number of benzene rings is 1. The van der Waals surface area contributed by atoms with E-state index in [1.807, 2.05) is 38.1 Å². The van der Waals surface area contributed by atoms with E-state index in [1.54, 1.807) is 18.5 Å². The van der Waals surface area contributed by atoms with Crippen LogP contribution in [0.1, 0.15) is 37.0 Å². The van der Waals surface area contributed by atoms with Gasteiger partial charge in [0.25, 0.3) is 5.91 Å². The predicted molar refractivity (Wildman–Crippen MR) is 102 cm³/mol. The Kier molecular flexibility index (Phi) is 6.07. The molecule has 3 rings (SSSR count). The summed E-state index contributed by atoms with van der Waals surface area (Å²) in [5, 5.41) is 6.16. The first-order valence-corrected chi connectivity index (χ1v) is 8.99. The number of hydrogen-bond acceptors (Lipinski definition) is 5. The normalized spacial score (nSPS) is 16.5. The highest BCUT2D eigenvalue weighted by atomic mass is 16.5. The molecule has 1 aromatic carbocycles. The summed E-state index contributed by atoms with van der Waals surface area (Å²) in [6.45, 7) is 5.50. The van der Waals surface area contributed by atoms with Gasteiger partial charge < -0.3 is 20.1 Å². The predicted octanol–water partition coefficient (Wildman–Crippen LogP) is 3.71. The molecule has 1 aromatic heterocycles. The molecule has 0 spiro atoms. The number of nitrogens with zero attached hydrogens (tertiary/aromatic N) is 1. The minimum atomic E-state index is -0.198. The first kappa shape index (κ1) is 18.2. The summed E-state index contributed by atoms with van der Waals surface area (Å²) in [5.74, 6) is 0.579. The molecule has 0 radical (unpaired) electrons. The molecular formula is C20H25N3O3. The van der Waals surface area contributed by atoms with Gasteiger partial charge in [0.1, 0.15) is 5.75 Å². The summed E-state index contributed by atoms with van der Waals surface area (Å²) in [5.41, 5.74) is 2.03. The van der Waals surface area contributed by atoms with E-state index in [1.165, 1.54) is 0 Å². The Hall–Kier alpha value is -2.60. The van der Waals surface area contributed by atoms with Gasteiger partial charge in [-0.3, -0.25) is 9.78 Å². The van der Waals surface area contributed by atoms with Crippen molar-refractivity contribution < 1.29 is 14.3 Å². The molecule has 1 atom stereocenters. The second kappa shape index (κ2) is 8.67. The van der Waals surface area contributed by atoms with Crippen molar-refractivity contribution in [2.75, 3.05) is 23.8 Å². The molecule has 1 unspecified atom stereocenters. The summed E-state index contributed by atoms with van der Waals surface area (Å²) >= 11 is 0. The van der Waals surface area contributed by atoms with E-state index < -0.39 is 0 Å². The fraction of sp³-hybridized carbons (Fsp3) is 0.400. The number of carbonyl (C=O) groups is 1. The van der Waals surface area contributed by atoms with Gasteiger partial charge >= 0.3 is 0 Å². The molecule has 1 amide bonds. The Labute approximate surface area is 153 Å². The first-order valence-electron chi connectivity index (χ1n) is 8.99. The van der Waals surface area contributed by atoms with Crippen molar-refractivity contribution >= 4 is 17.3 Å². The molecule has 1 saturated heterocycles. The van der Waals surface area contributed by atoms with Crippen LogP contribution in [0.3, 0.4) is 0 Å². The van der Waals surface area contributed by atoms with E-state index >= 15 is 0 Å². The van der Waals surface area contributed by atoms with Crippen LogP contribution in [0.25, 0.3) is 0 Å². The lowest BCUT2D eigenvalue weighted by atomic mass is 10.2. The summed E-state index contributed by atoms with van der Waals surface area (Å²) in [6, 6.07) is 9.12. The van der Waals surface area contributed by atoms with Crippen LogP contribution in [0, 0.1) is 0 Å². The molecule has 138 valence electrons. The second-order valence-corrected chi connectivity index (χ2v) is 6.62. The van der Waals surface area contributed by atoms with Crippen molar-refractivity contribution in [3.8, 4) is 5.75 Å². The molecule has 2 heterocycles. The van der Waals surface area contributed by atoms with Crippen LogP contribution in [0.15, 0.2) is 42.7 Å². The summed E-state index contributed by atoms with van der Waals surface area (Å²) in [4.78, 5) is 16.6. The lowest BCUT2D eigenvalue weighted by Gasteiger charge is -2.13. The van der Waals surface area contributed by atoms with Gasteiger partial charge in [-0.15, -0.1) is 0 Å². The van der Waals surface area contributed by atoms with Gasteiger partial charge in [-0.2, -0.15) is 0 Å². The first-order chi connectivity index (χ1) is 12.6. The summed E-state index contributed by atoms with van der Waals surface area (Å²) < 4.78 is 11.2. The fourth-order valence-electron chi connectivity index (χ4n) is 2.79. The Bertz CT molecular complexity index is 725. The Morgan fingerprint density at radius 2 is 2.08 bits per heavy atom. The molecule has 6 heteroatoms. The van der Waals surface area contributed by atoms with E-state index in [0.29, 0.717) is 11.3 Å². The quantitative estimate of drug-likeness (QED) is 0.792. The van der Waals surface area contributed by atoms with Gasteiger partial charge in [0.15, 0.2) is 0 Å². The van der Waals surface area contributed by atoms with Crippen LogP contribution < -0.4 is 15.4 Å². The van der Waals surface area contributed by atoms with Crippen LogP contribution >= 0.6 is 0 Å². The molecule has 26 heavy (non-hydrogen) atoms. The zero-order valence-electron chi connectivity index (χ0n) is 15.2. The number of carbonyl (C=O) groups excluding carboxylic acids is 1. The molecule has 6 nitrogen and oxygen atoms in total. The van der Waals surface area contributed by atoms with E-state index in [2.05, 4.69) is 15.6 Å².